The van der Waals surface area contributed by atoms with Crippen LogP contribution >= 0.6 is 22.9 Å². The Kier molecular flexibility index (Phi) is 8.14. The van der Waals surface area contributed by atoms with Crippen LogP contribution < -0.4 is 4.80 Å². The van der Waals surface area contributed by atoms with E-state index < -0.39 is 9.84 Å². The molecule has 1 aliphatic heterocycles. The number of sulfone groups is 1. The molecule has 1 aromatic heterocycles. The molecule has 1 aromatic carbocycles. The van der Waals surface area contributed by atoms with Crippen LogP contribution in [0.25, 0.3) is 0 Å². The molecule has 2 aromatic rings. The van der Waals surface area contributed by atoms with Crippen LogP contribution in [0.2, 0.25) is 5.02 Å². The number of hydrogen-bond donors (Lipinski definition) is 0. The Bertz CT molecular complexity index is 1070. The summed E-state index contributed by atoms with van der Waals surface area (Å²) in [5.41, 5.74) is 1.86. The Morgan fingerprint density at radius 2 is 2.30 bits per heavy atom. The molecule has 0 bridgehead atoms. The van der Waals surface area contributed by atoms with E-state index in [1.54, 1.807) is 18.4 Å². The van der Waals surface area contributed by atoms with Gasteiger partial charge in [0.2, 0.25) is 0 Å². The lowest BCUT2D eigenvalue weighted by molar-refractivity contribution is 0.188. The predicted octanol–water partition coefficient (Wildman–Crippen LogP) is 3.09. The van der Waals surface area contributed by atoms with Crippen molar-refractivity contribution in [2.45, 2.75) is 32.0 Å². The number of thiazole rings is 1. The van der Waals surface area contributed by atoms with Crippen LogP contribution in [-0.2, 0) is 27.7 Å². The van der Waals surface area contributed by atoms with E-state index in [2.05, 4.69) is 20.8 Å². The van der Waals surface area contributed by atoms with Crippen molar-refractivity contribution >= 4 is 38.5 Å². The zero-order chi connectivity index (χ0) is 21.6. The van der Waals surface area contributed by atoms with E-state index in [1.807, 2.05) is 24.3 Å². The van der Waals surface area contributed by atoms with E-state index in [0.717, 1.165) is 29.1 Å². The molecule has 30 heavy (non-hydrogen) atoms. The highest BCUT2D eigenvalue weighted by molar-refractivity contribution is 7.91. The second-order valence-electron chi connectivity index (χ2n) is 7.27. The van der Waals surface area contributed by atoms with E-state index in [9.17, 15) is 8.42 Å². The first kappa shape index (κ1) is 23.0. The van der Waals surface area contributed by atoms with Gasteiger partial charge >= 0.3 is 0 Å². The van der Waals surface area contributed by atoms with Gasteiger partial charge in [-0.2, -0.15) is 0 Å². The van der Waals surface area contributed by atoms with Crippen LogP contribution in [0.4, 0.5) is 5.69 Å². The highest BCUT2D eigenvalue weighted by Crippen LogP contribution is 2.21. The van der Waals surface area contributed by atoms with Crippen molar-refractivity contribution in [3.05, 3.63) is 45.2 Å². The largest absolute Gasteiger partial charge is 0.385 e. The SMILES string of the molecule is C#CCN(Cc1csc(=Nc2cccc(Cl)c2)n1CCCOC)C1CCS(=O)(=O)C1. The molecule has 0 spiro atoms. The number of hydrogen-bond acceptors (Lipinski definition) is 6. The minimum atomic E-state index is -2.98. The topological polar surface area (TPSA) is 63.9 Å². The maximum atomic E-state index is 12.0. The Labute approximate surface area is 187 Å². The Morgan fingerprint density at radius 3 is 2.97 bits per heavy atom. The standard InChI is InChI=1S/C21H26ClN3O3S2/c1-3-9-24(19-8-12-30(26,27)16-19)14-20-15-29-21(25(20)10-5-11-28-2)23-18-7-4-6-17(22)13-18/h1,4,6-7,13,15,19H,5,8-12,14,16H2,2H3. The van der Waals surface area contributed by atoms with E-state index in [-0.39, 0.29) is 17.5 Å². The third-order valence-corrected chi connectivity index (χ3v) is 7.92. The van der Waals surface area contributed by atoms with Gasteiger partial charge in [0.15, 0.2) is 14.6 Å². The lowest BCUT2D eigenvalue weighted by atomic mass is 10.2. The molecule has 3 rings (SSSR count). The molecule has 1 unspecified atom stereocenters. The van der Waals surface area contributed by atoms with Crippen molar-refractivity contribution in [2.24, 2.45) is 4.99 Å². The summed E-state index contributed by atoms with van der Waals surface area (Å²) in [4.78, 5) is 7.73. The summed E-state index contributed by atoms with van der Waals surface area (Å²) in [5.74, 6) is 3.08. The highest BCUT2D eigenvalue weighted by Gasteiger charge is 2.32. The number of terminal acetylenes is 1. The lowest BCUT2D eigenvalue weighted by Gasteiger charge is -2.26. The van der Waals surface area contributed by atoms with Crippen molar-refractivity contribution in [3.8, 4) is 12.3 Å². The van der Waals surface area contributed by atoms with E-state index in [0.29, 0.717) is 31.1 Å². The van der Waals surface area contributed by atoms with Crippen LogP contribution in [0.1, 0.15) is 18.5 Å². The Hall–Kier alpha value is -1.63. The molecule has 1 aliphatic rings. The van der Waals surface area contributed by atoms with Gasteiger partial charge in [-0.25, -0.2) is 13.4 Å². The smallest absolute Gasteiger partial charge is 0.190 e. The zero-order valence-electron chi connectivity index (χ0n) is 17.0. The van der Waals surface area contributed by atoms with Crippen molar-refractivity contribution in [3.63, 3.8) is 0 Å². The van der Waals surface area contributed by atoms with Gasteiger partial charge in [-0.1, -0.05) is 23.6 Å². The number of benzene rings is 1. The molecule has 9 heteroatoms. The number of halogens is 1. The number of aromatic nitrogens is 1. The third kappa shape index (κ3) is 6.19. The lowest BCUT2D eigenvalue weighted by Crippen LogP contribution is -2.37. The summed E-state index contributed by atoms with van der Waals surface area (Å²) in [7, 11) is -1.29. The van der Waals surface area contributed by atoms with Crippen molar-refractivity contribution in [1.82, 2.24) is 9.47 Å². The van der Waals surface area contributed by atoms with E-state index >= 15 is 0 Å². The normalized spacial score (nSPS) is 18.7. The molecular formula is C21H26ClN3O3S2. The number of rotatable bonds is 9. The molecule has 6 nitrogen and oxygen atoms in total. The average Bonchev–Trinajstić information content (AvgIpc) is 3.25. The second kappa shape index (κ2) is 10.6. The van der Waals surface area contributed by atoms with Gasteiger partial charge < -0.3 is 9.30 Å². The van der Waals surface area contributed by atoms with Crippen LogP contribution in [0, 0.1) is 12.3 Å². The monoisotopic (exact) mass is 467 g/mol. The summed E-state index contributed by atoms with van der Waals surface area (Å²) < 4.78 is 31.3. The Balaban J connectivity index is 1.91. The summed E-state index contributed by atoms with van der Waals surface area (Å²) in [6.45, 7) is 2.39. The van der Waals surface area contributed by atoms with Crippen molar-refractivity contribution < 1.29 is 13.2 Å². The molecule has 2 heterocycles. The molecule has 0 N–H and O–H groups in total. The first-order valence-corrected chi connectivity index (χ1v) is 12.8. The molecule has 0 saturated carbocycles. The van der Waals surface area contributed by atoms with Crippen LogP contribution in [-0.4, -0.2) is 55.7 Å². The fourth-order valence-corrected chi connectivity index (χ4v) is 6.43. The molecule has 1 saturated heterocycles. The van der Waals surface area contributed by atoms with Gasteiger partial charge in [0, 0.05) is 48.9 Å². The Morgan fingerprint density at radius 1 is 1.47 bits per heavy atom. The first-order valence-electron chi connectivity index (χ1n) is 9.76. The van der Waals surface area contributed by atoms with Crippen LogP contribution in [0.15, 0.2) is 34.6 Å². The fraction of sp³-hybridized carbons (Fsp3) is 0.476. The molecule has 1 fully saturated rings. The summed E-state index contributed by atoms with van der Waals surface area (Å²) in [6.07, 6.45) is 7.05. The molecule has 0 aliphatic carbocycles. The maximum Gasteiger partial charge on any atom is 0.190 e. The van der Waals surface area contributed by atoms with E-state index in [4.69, 9.17) is 27.8 Å². The number of nitrogens with zero attached hydrogens (tertiary/aromatic N) is 3. The fourth-order valence-electron chi connectivity index (χ4n) is 3.55. The van der Waals surface area contributed by atoms with Gasteiger partial charge in [-0.3, -0.25) is 4.90 Å². The van der Waals surface area contributed by atoms with Gasteiger partial charge in [0.05, 0.1) is 23.7 Å². The molecule has 162 valence electrons. The third-order valence-electron chi connectivity index (χ3n) is 5.03. The van der Waals surface area contributed by atoms with Gasteiger partial charge in [0.1, 0.15) is 0 Å². The molecule has 0 amide bonds. The minimum absolute atomic E-state index is 0.0494. The highest BCUT2D eigenvalue weighted by atomic mass is 35.5. The minimum Gasteiger partial charge on any atom is -0.385 e. The van der Waals surface area contributed by atoms with Crippen LogP contribution in [0.3, 0.4) is 0 Å². The first-order chi connectivity index (χ1) is 14.4. The quantitative estimate of drug-likeness (QED) is 0.420. The number of methoxy groups -OCH3 is 1. The predicted molar refractivity (Wildman–Crippen MR) is 122 cm³/mol. The number of ether oxygens (including phenoxy) is 1. The van der Waals surface area contributed by atoms with Crippen LogP contribution in [0.5, 0.6) is 0 Å². The van der Waals surface area contributed by atoms with Gasteiger partial charge in [-0.05, 0) is 31.0 Å². The maximum absolute atomic E-state index is 12.0. The van der Waals surface area contributed by atoms with E-state index in [1.165, 1.54) is 0 Å². The van der Waals surface area contributed by atoms with Gasteiger partial charge in [0.25, 0.3) is 0 Å². The summed E-state index contributed by atoms with van der Waals surface area (Å²) in [6, 6.07) is 7.39. The van der Waals surface area contributed by atoms with Gasteiger partial charge in [-0.15, -0.1) is 17.8 Å². The van der Waals surface area contributed by atoms with Crippen molar-refractivity contribution in [2.75, 3.05) is 31.8 Å². The average molecular weight is 468 g/mol. The zero-order valence-corrected chi connectivity index (χ0v) is 19.3. The summed E-state index contributed by atoms with van der Waals surface area (Å²) in [5, 5.41) is 2.71. The summed E-state index contributed by atoms with van der Waals surface area (Å²) >= 11 is 7.66. The molecular weight excluding hydrogens is 442 g/mol. The van der Waals surface area contributed by atoms with Crippen molar-refractivity contribution in [1.29, 1.82) is 0 Å². The molecule has 1 atom stereocenters. The molecule has 0 radical (unpaired) electrons. The second-order valence-corrected chi connectivity index (χ2v) is 10.8.